The fraction of sp³-hybridized carbons (Fsp3) is 0.380. The number of carbonyl (C=O) groups is 3. The predicted molar refractivity (Wildman–Crippen MR) is 308 cm³/mol. The van der Waals surface area contributed by atoms with Gasteiger partial charge in [0, 0.05) is 76.9 Å². The maximum atomic E-state index is 13.0. The number of oxazole rings is 1. The second-order valence-corrected chi connectivity index (χ2v) is 23.0. The Morgan fingerprint density at radius 2 is 1.62 bits per heavy atom. The Labute approximate surface area is 497 Å². The molecule has 0 bridgehead atoms. The highest BCUT2D eigenvalue weighted by atomic mass is 31.3. The summed E-state index contributed by atoms with van der Waals surface area (Å²) >= 11 is 0. The number of carbonyl (C=O) groups excluding carboxylic acids is 3. The van der Waals surface area contributed by atoms with Crippen molar-refractivity contribution in [2.24, 2.45) is 10.2 Å². The van der Waals surface area contributed by atoms with Gasteiger partial charge in [0.05, 0.1) is 24.8 Å². The molecule has 38 heteroatoms. The van der Waals surface area contributed by atoms with Crippen LogP contribution in [0, 0.1) is 11.8 Å². The van der Waals surface area contributed by atoms with E-state index < -0.39 is 91.2 Å². The molecule has 9 N–H and O–H groups in total. The summed E-state index contributed by atoms with van der Waals surface area (Å²) in [6.45, 7) is 3.51. The zero-order valence-corrected chi connectivity index (χ0v) is 49.2. The van der Waals surface area contributed by atoms with E-state index in [0.29, 0.717) is 60.0 Å². The van der Waals surface area contributed by atoms with Crippen molar-refractivity contribution >= 4 is 74.8 Å². The average molecular weight is 1280 g/mol. The van der Waals surface area contributed by atoms with Crippen LogP contribution in [0.1, 0.15) is 72.0 Å². The minimum absolute atomic E-state index is 0.0475. The number of phosphoric ester groups is 1. The van der Waals surface area contributed by atoms with Crippen LogP contribution < -0.4 is 42.6 Å². The molecule has 35 nitrogen and oxygen atoms in total. The number of unbranched alkanes of at least 4 members (excludes halogenated alkanes) is 2. The molecule has 4 heterocycles. The van der Waals surface area contributed by atoms with Crippen molar-refractivity contribution in [3.63, 3.8) is 0 Å². The van der Waals surface area contributed by atoms with Gasteiger partial charge in [-0.15, -0.1) is 0 Å². The van der Waals surface area contributed by atoms with Crippen LogP contribution in [-0.2, 0) is 45.8 Å². The van der Waals surface area contributed by atoms with Gasteiger partial charge in [0.2, 0.25) is 11.8 Å². The van der Waals surface area contributed by atoms with Crippen molar-refractivity contribution in [1.29, 1.82) is 0 Å². The standard InChI is InChI=1S/C50H57N14O21P3/c1-3-63(4-2)34-15-13-30-21-36(49(68)83-39(30)23-34)48-58-37-22-32(14-16-38(37)82-48)47(67)56-18-7-5-6-17-55-46(66)31-10-8-12-35(20-31)77-28-43(60-62-53)78-27-42(65)54-19-9-11-33-25-64(50(69)59-45(33)51)44-24-40(79-29-57-61-52)41(81-44)26-80-87(73,74)85-88(75,76)84-86(70,71)72/h8,10,12-16,20-23,25,40-41,43-44H,3-7,17-19,24,26-29H2,1-2H3,(H,54,65)(H,55,66)(H,56,67)(H,73,74)(H,75,76)(H2,51,59,69)(H2,70,71,72)/t40?,41-,43?,44-/m1/s1. The summed E-state index contributed by atoms with van der Waals surface area (Å²) in [7, 11) is -17.1. The van der Waals surface area contributed by atoms with E-state index in [9.17, 15) is 47.5 Å². The molecule has 88 heavy (non-hydrogen) atoms. The maximum absolute atomic E-state index is 13.0. The highest BCUT2D eigenvalue weighted by Gasteiger charge is 2.44. The number of ether oxygens (including phenoxy) is 4. The summed E-state index contributed by atoms with van der Waals surface area (Å²) in [4.78, 5) is 117. The molecule has 0 aliphatic carbocycles. The second-order valence-electron chi connectivity index (χ2n) is 18.6. The van der Waals surface area contributed by atoms with Gasteiger partial charge in [-0.2, -0.15) is 13.6 Å². The van der Waals surface area contributed by atoms with Crippen LogP contribution in [0.15, 0.2) is 102 Å². The molecule has 0 radical (unpaired) electrons. The van der Waals surface area contributed by atoms with Crippen molar-refractivity contribution in [2.75, 3.05) is 69.9 Å². The Bertz CT molecular complexity index is 3960. The Kier molecular flexibility index (Phi) is 23.5. The first-order valence-corrected chi connectivity index (χ1v) is 30.9. The van der Waals surface area contributed by atoms with E-state index in [4.69, 9.17) is 54.4 Å². The van der Waals surface area contributed by atoms with Crippen LogP contribution in [0.5, 0.6) is 5.75 Å². The molecular weight excluding hydrogens is 1230 g/mol. The zero-order chi connectivity index (χ0) is 63.6. The molecule has 0 spiro atoms. The molecule has 1 aliphatic rings. The van der Waals surface area contributed by atoms with Crippen molar-refractivity contribution in [1.82, 2.24) is 30.5 Å². The van der Waals surface area contributed by atoms with Gasteiger partial charge in [-0.05, 0) is 98.8 Å². The largest absolute Gasteiger partial charge is 0.491 e. The number of benzene rings is 3. The van der Waals surface area contributed by atoms with Gasteiger partial charge >= 0.3 is 34.8 Å². The monoisotopic (exact) mass is 1280 g/mol. The minimum Gasteiger partial charge on any atom is -0.491 e. The molecule has 3 amide bonds. The molecule has 1 aliphatic heterocycles. The van der Waals surface area contributed by atoms with Crippen LogP contribution >= 0.6 is 23.5 Å². The summed E-state index contributed by atoms with van der Waals surface area (Å²) in [5.41, 5.74) is 25.0. The summed E-state index contributed by atoms with van der Waals surface area (Å²) in [5.74, 6) is 3.76. The highest BCUT2D eigenvalue weighted by molar-refractivity contribution is 7.66. The van der Waals surface area contributed by atoms with Crippen LogP contribution in [0.4, 0.5) is 11.5 Å². The number of fused-ring (bicyclic) bond motifs is 2. The molecule has 3 aromatic heterocycles. The van der Waals surface area contributed by atoms with E-state index in [2.05, 4.69) is 75.9 Å². The number of hydrogen-bond acceptors (Lipinski definition) is 23. The lowest BCUT2D eigenvalue weighted by atomic mass is 10.1. The number of anilines is 2. The van der Waals surface area contributed by atoms with Gasteiger partial charge in [-0.1, -0.05) is 28.1 Å². The molecule has 6 aromatic rings. The highest BCUT2D eigenvalue weighted by Crippen LogP contribution is 2.66. The summed E-state index contributed by atoms with van der Waals surface area (Å²) in [5, 5.41) is 15.6. The molecule has 4 unspecified atom stereocenters. The first-order chi connectivity index (χ1) is 42.0. The molecule has 6 atom stereocenters. The first-order valence-electron chi connectivity index (χ1n) is 26.4. The van der Waals surface area contributed by atoms with E-state index in [1.807, 2.05) is 32.0 Å². The molecule has 7 rings (SSSR count). The topological polar surface area (TPSA) is 502 Å². The minimum atomic E-state index is -5.85. The third-order valence-corrected chi connectivity index (χ3v) is 16.3. The maximum Gasteiger partial charge on any atom is 0.490 e. The predicted octanol–water partition coefficient (Wildman–Crippen LogP) is 5.40. The van der Waals surface area contributed by atoms with Crippen molar-refractivity contribution in [3.8, 4) is 29.0 Å². The molecule has 1 fully saturated rings. The fourth-order valence-corrected chi connectivity index (χ4v) is 11.5. The van der Waals surface area contributed by atoms with Crippen LogP contribution in [0.25, 0.3) is 54.4 Å². The van der Waals surface area contributed by atoms with Crippen molar-refractivity contribution < 1.29 is 88.6 Å². The van der Waals surface area contributed by atoms with Gasteiger partial charge in [0.25, 0.3) is 11.8 Å². The van der Waals surface area contributed by atoms with Crippen LogP contribution in [0.3, 0.4) is 0 Å². The van der Waals surface area contributed by atoms with Gasteiger partial charge in [0.1, 0.15) is 60.5 Å². The Hall–Kier alpha value is -8.50. The second kappa shape index (κ2) is 30.9. The van der Waals surface area contributed by atoms with E-state index in [1.165, 1.54) is 6.07 Å². The Morgan fingerprint density at radius 1 is 0.886 bits per heavy atom. The SMILES string of the molecule is CCN(CC)c1ccc2cc(-c3nc4cc(C(=O)NCCCCCNC(=O)c5cccc(OCC(N=[N+]=[N-])OCC(=O)NCC#Cc6cn([C@H]7CC(OCN=[N+]=[N-])[C@@H](COP(=O)(O)OP(=O)(O)OP(=O)(O)O)O7)c(=O)nc6N)c5)ccc4o3)c(=O)oc2c1. The summed E-state index contributed by atoms with van der Waals surface area (Å²) in [6.07, 6.45) is -2.37. The number of nitrogen functional groups attached to an aromatic ring is 1. The van der Waals surface area contributed by atoms with E-state index >= 15 is 0 Å². The molecule has 3 aromatic carbocycles. The number of nitrogens with zero attached hydrogens (tertiary/aromatic N) is 10. The number of nitrogens with two attached hydrogens (primary N) is 1. The number of hydrogen-bond donors (Lipinski definition) is 8. The third-order valence-electron chi connectivity index (χ3n) is 12.5. The molecule has 0 saturated carbocycles. The Balaban J connectivity index is 0.811. The van der Waals surface area contributed by atoms with Crippen LogP contribution in [0.2, 0.25) is 0 Å². The molecular formula is C50H57N14O21P3. The summed E-state index contributed by atoms with van der Waals surface area (Å²) in [6, 6.07) is 18.3. The quantitative estimate of drug-likeness (QED) is 0.00513. The number of rotatable bonds is 31. The van der Waals surface area contributed by atoms with Gasteiger partial charge in [-0.3, -0.25) is 23.5 Å². The van der Waals surface area contributed by atoms with E-state index in [0.717, 1.165) is 29.5 Å². The number of azide groups is 2. The number of aromatic nitrogens is 3. The first kappa shape index (κ1) is 67.0. The van der Waals surface area contributed by atoms with E-state index in [-0.39, 0.29) is 59.6 Å². The normalized spacial score (nSPS) is 16.4. The number of amides is 3. The van der Waals surface area contributed by atoms with Gasteiger partial charge in [-0.25, -0.2) is 28.3 Å². The third kappa shape index (κ3) is 19.5. The summed E-state index contributed by atoms with van der Waals surface area (Å²) < 4.78 is 81.8. The fourth-order valence-electron chi connectivity index (χ4n) is 8.43. The lowest BCUT2D eigenvalue weighted by Gasteiger charge is -2.21. The lowest BCUT2D eigenvalue weighted by molar-refractivity contribution is -0.127. The molecule has 1 saturated heterocycles. The smallest absolute Gasteiger partial charge is 0.490 e. The Morgan fingerprint density at radius 3 is 2.33 bits per heavy atom. The van der Waals surface area contributed by atoms with Crippen molar-refractivity contribution in [2.45, 2.75) is 64.2 Å². The van der Waals surface area contributed by atoms with Gasteiger partial charge in [0.15, 0.2) is 11.8 Å². The van der Waals surface area contributed by atoms with Crippen LogP contribution in [-0.4, -0.2) is 130 Å². The molecule has 468 valence electrons. The zero-order valence-electron chi connectivity index (χ0n) is 46.6. The lowest BCUT2D eigenvalue weighted by Crippen LogP contribution is -2.31. The average Bonchev–Trinajstić information content (AvgIpc) is 3.38. The van der Waals surface area contributed by atoms with Crippen molar-refractivity contribution in [3.05, 3.63) is 131 Å². The van der Waals surface area contributed by atoms with E-state index in [1.54, 1.807) is 42.5 Å². The number of phosphoric acid groups is 3. The van der Waals surface area contributed by atoms with Gasteiger partial charge < -0.3 is 73.9 Å². The number of nitrogens with one attached hydrogen (secondary N) is 3.